The molecule has 0 saturated carbocycles. The molecule has 0 amide bonds. The number of esters is 1. The second-order valence-corrected chi connectivity index (χ2v) is 4.93. The zero-order valence-corrected chi connectivity index (χ0v) is 12.3. The number of carbonyl (C=O) groups excluding carboxylic acids is 1. The van der Waals surface area contributed by atoms with Crippen molar-refractivity contribution in [2.75, 3.05) is 5.73 Å². The third-order valence-electron chi connectivity index (χ3n) is 2.65. The zero-order valence-electron chi connectivity index (χ0n) is 10.8. The molecule has 0 aliphatic heterocycles. The Morgan fingerprint density at radius 1 is 1.45 bits per heavy atom. The molecule has 2 N–H and O–H groups in total. The highest BCUT2D eigenvalue weighted by molar-refractivity contribution is 6.44. The van der Waals surface area contributed by atoms with Crippen LogP contribution in [-0.4, -0.2) is 15.7 Å². The van der Waals surface area contributed by atoms with Crippen molar-refractivity contribution in [1.82, 2.24) is 9.78 Å². The number of nitrogens with two attached hydrogens (primary N) is 1. The van der Waals surface area contributed by atoms with Gasteiger partial charge in [0, 0.05) is 24.0 Å². The van der Waals surface area contributed by atoms with E-state index in [4.69, 9.17) is 33.7 Å². The van der Waals surface area contributed by atoms with Gasteiger partial charge < -0.3 is 10.5 Å². The Morgan fingerprint density at radius 3 is 2.85 bits per heavy atom. The minimum Gasteiger partial charge on any atom is -0.457 e. The number of rotatable bonds is 4. The predicted octanol–water partition coefficient (Wildman–Crippen LogP) is 3.15. The Kier molecular flexibility index (Phi) is 4.52. The molecule has 0 saturated heterocycles. The number of benzene rings is 1. The summed E-state index contributed by atoms with van der Waals surface area (Å²) in [7, 11) is 0. The van der Waals surface area contributed by atoms with Crippen LogP contribution in [0.2, 0.25) is 10.0 Å². The Balaban J connectivity index is 2.09. The lowest BCUT2D eigenvalue weighted by Gasteiger charge is -2.07. The quantitative estimate of drug-likeness (QED) is 0.695. The molecule has 20 heavy (non-hydrogen) atoms. The monoisotopic (exact) mass is 313 g/mol. The summed E-state index contributed by atoms with van der Waals surface area (Å²) in [5.41, 5.74) is 6.93. The van der Waals surface area contributed by atoms with Crippen molar-refractivity contribution >= 4 is 34.9 Å². The van der Waals surface area contributed by atoms with Gasteiger partial charge in [-0.25, -0.2) is 4.79 Å². The first-order chi connectivity index (χ1) is 9.51. The van der Waals surface area contributed by atoms with Crippen molar-refractivity contribution < 1.29 is 9.53 Å². The van der Waals surface area contributed by atoms with E-state index in [1.54, 1.807) is 17.1 Å². The lowest BCUT2D eigenvalue weighted by Crippen LogP contribution is -2.07. The summed E-state index contributed by atoms with van der Waals surface area (Å²) in [6, 6.07) is 2.91. The second-order valence-electron chi connectivity index (χ2n) is 4.14. The van der Waals surface area contributed by atoms with Crippen LogP contribution in [0.5, 0.6) is 0 Å². The van der Waals surface area contributed by atoms with Crippen molar-refractivity contribution in [3.8, 4) is 0 Å². The molecule has 0 spiro atoms. The molecule has 2 aromatic rings. The van der Waals surface area contributed by atoms with E-state index in [0.29, 0.717) is 5.69 Å². The average molecular weight is 314 g/mol. The minimum atomic E-state index is -0.576. The van der Waals surface area contributed by atoms with Crippen LogP contribution < -0.4 is 5.73 Å². The first-order valence-corrected chi connectivity index (χ1v) is 6.69. The fourth-order valence-electron chi connectivity index (χ4n) is 1.64. The van der Waals surface area contributed by atoms with Crippen LogP contribution in [0, 0.1) is 0 Å². The maximum Gasteiger partial charge on any atom is 0.340 e. The van der Waals surface area contributed by atoms with Gasteiger partial charge in [-0.2, -0.15) is 5.10 Å². The van der Waals surface area contributed by atoms with Gasteiger partial charge in [0.15, 0.2) is 0 Å². The van der Waals surface area contributed by atoms with Gasteiger partial charge in [0.1, 0.15) is 6.61 Å². The molecule has 0 atom stereocenters. The fraction of sp³-hybridized carbons (Fsp3) is 0.231. The van der Waals surface area contributed by atoms with Crippen LogP contribution in [-0.2, 0) is 17.9 Å². The number of nitrogens with zero attached hydrogens (tertiary/aromatic N) is 2. The van der Waals surface area contributed by atoms with Crippen molar-refractivity contribution in [2.45, 2.75) is 20.1 Å². The van der Waals surface area contributed by atoms with Crippen LogP contribution in [0.25, 0.3) is 0 Å². The zero-order chi connectivity index (χ0) is 14.7. The Bertz CT molecular complexity index is 641. The number of halogens is 2. The molecular formula is C13H13Cl2N3O2. The number of aryl methyl sites for hydroxylation is 1. The van der Waals surface area contributed by atoms with E-state index in [1.165, 1.54) is 12.1 Å². The first-order valence-electron chi connectivity index (χ1n) is 5.94. The third kappa shape index (κ3) is 3.23. The van der Waals surface area contributed by atoms with Gasteiger partial charge in [0.25, 0.3) is 0 Å². The number of ether oxygens (including phenoxy) is 1. The van der Waals surface area contributed by atoms with Gasteiger partial charge in [-0.3, -0.25) is 4.68 Å². The lowest BCUT2D eigenvalue weighted by molar-refractivity contribution is 0.0473. The lowest BCUT2D eigenvalue weighted by atomic mass is 10.2. The highest BCUT2D eigenvalue weighted by Gasteiger charge is 2.16. The van der Waals surface area contributed by atoms with E-state index in [2.05, 4.69) is 5.10 Å². The van der Waals surface area contributed by atoms with Gasteiger partial charge in [-0.15, -0.1) is 0 Å². The summed E-state index contributed by atoms with van der Waals surface area (Å²) >= 11 is 11.8. The van der Waals surface area contributed by atoms with Gasteiger partial charge in [0.05, 0.1) is 21.8 Å². The SMILES string of the molecule is CCn1cc(COC(=O)c2cc(N)cc(Cl)c2Cl)cn1. The molecule has 7 heteroatoms. The highest BCUT2D eigenvalue weighted by atomic mass is 35.5. The largest absolute Gasteiger partial charge is 0.457 e. The molecule has 0 aliphatic rings. The Hall–Kier alpha value is -1.72. The molecule has 0 unspecified atom stereocenters. The van der Waals surface area contributed by atoms with Crippen molar-refractivity contribution in [3.05, 3.63) is 45.7 Å². The molecule has 0 aliphatic carbocycles. The molecule has 1 heterocycles. The molecule has 0 radical (unpaired) electrons. The molecule has 1 aromatic carbocycles. The minimum absolute atomic E-state index is 0.113. The van der Waals surface area contributed by atoms with Gasteiger partial charge in [-0.1, -0.05) is 23.2 Å². The molecule has 2 rings (SSSR count). The highest BCUT2D eigenvalue weighted by Crippen LogP contribution is 2.29. The topological polar surface area (TPSA) is 70.1 Å². The van der Waals surface area contributed by atoms with Crippen LogP contribution in [0.15, 0.2) is 24.5 Å². The molecule has 106 valence electrons. The number of carbonyl (C=O) groups is 1. The van der Waals surface area contributed by atoms with Crippen LogP contribution in [0.3, 0.4) is 0 Å². The van der Waals surface area contributed by atoms with Gasteiger partial charge in [0.2, 0.25) is 0 Å². The van der Waals surface area contributed by atoms with E-state index in [0.717, 1.165) is 12.1 Å². The molecule has 0 bridgehead atoms. The summed E-state index contributed by atoms with van der Waals surface area (Å²) in [6.07, 6.45) is 3.45. The van der Waals surface area contributed by atoms with E-state index >= 15 is 0 Å². The van der Waals surface area contributed by atoms with Gasteiger partial charge in [-0.05, 0) is 19.1 Å². The summed E-state index contributed by atoms with van der Waals surface area (Å²) in [6.45, 7) is 2.84. The van der Waals surface area contributed by atoms with Crippen molar-refractivity contribution in [2.24, 2.45) is 0 Å². The van der Waals surface area contributed by atoms with E-state index in [9.17, 15) is 4.79 Å². The normalized spacial score (nSPS) is 10.6. The van der Waals surface area contributed by atoms with Crippen LogP contribution >= 0.6 is 23.2 Å². The third-order valence-corrected chi connectivity index (χ3v) is 3.45. The number of hydrogen-bond acceptors (Lipinski definition) is 4. The van der Waals surface area contributed by atoms with E-state index < -0.39 is 5.97 Å². The fourth-order valence-corrected chi connectivity index (χ4v) is 2.05. The molecule has 5 nitrogen and oxygen atoms in total. The molecule has 0 fully saturated rings. The smallest absolute Gasteiger partial charge is 0.340 e. The number of aromatic nitrogens is 2. The van der Waals surface area contributed by atoms with Gasteiger partial charge >= 0.3 is 5.97 Å². The predicted molar refractivity (Wildman–Crippen MR) is 77.9 cm³/mol. The first kappa shape index (κ1) is 14.7. The average Bonchev–Trinajstić information content (AvgIpc) is 2.88. The van der Waals surface area contributed by atoms with E-state index in [-0.39, 0.29) is 22.2 Å². The number of nitrogen functional groups attached to an aromatic ring is 1. The number of anilines is 1. The number of hydrogen-bond donors (Lipinski definition) is 1. The van der Waals surface area contributed by atoms with Crippen LogP contribution in [0.1, 0.15) is 22.8 Å². The second kappa shape index (κ2) is 6.15. The summed E-state index contributed by atoms with van der Waals surface area (Å²) in [5, 5.41) is 4.44. The maximum atomic E-state index is 12.0. The standard InChI is InChI=1S/C13H13Cl2N3O2/c1-2-18-6-8(5-17-18)7-20-13(19)10-3-9(16)4-11(14)12(10)15/h3-6H,2,7,16H2,1H3. The van der Waals surface area contributed by atoms with Crippen molar-refractivity contribution in [3.63, 3.8) is 0 Å². The Morgan fingerprint density at radius 2 is 2.20 bits per heavy atom. The maximum absolute atomic E-state index is 12.0. The van der Waals surface area contributed by atoms with E-state index in [1.807, 2.05) is 6.92 Å². The van der Waals surface area contributed by atoms with Crippen molar-refractivity contribution in [1.29, 1.82) is 0 Å². The van der Waals surface area contributed by atoms with Crippen LogP contribution in [0.4, 0.5) is 5.69 Å². The Labute approximate surface area is 126 Å². The summed E-state index contributed by atoms with van der Waals surface area (Å²) in [5.74, 6) is -0.576. The molecular weight excluding hydrogens is 301 g/mol. The molecule has 1 aromatic heterocycles. The summed E-state index contributed by atoms with van der Waals surface area (Å²) in [4.78, 5) is 12.0. The summed E-state index contributed by atoms with van der Waals surface area (Å²) < 4.78 is 6.92.